The highest BCUT2D eigenvalue weighted by Crippen LogP contribution is 2.53. The summed E-state index contributed by atoms with van der Waals surface area (Å²) in [4.78, 5) is 8.54. The second-order valence-corrected chi connectivity index (χ2v) is 8.15. The summed E-state index contributed by atoms with van der Waals surface area (Å²) in [6.07, 6.45) is 3.44. The van der Waals surface area contributed by atoms with Crippen LogP contribution in [0.25, 0.3) is 22.5 Å². The average Bonchev–Trinajstić information content (AvgIpc) is 3.36. The molecule has 3 heterocycles. The zero-order valence-corrected chi connectivity index (χ0v) is 18.0. The molecule has 32 heavy (non-hydrogen) atoms. The fourth-order valence-corrected chi connectivity index (χ4v) is 4.28. The Morgan fingerprint density at radius 2 is 1.97 bits per heavy atom. The van der Waals surface area contributed by atoms with Crippen molar-refractivity contribution in [1.29, 1.82) is 5.26 Å². The molecular weight excluding hydrogens is 402 g/mol. The number of pyridine rings is 2. The monoisotopic (exact) mass is 423 g/mol. The molecule has 0 unspecified atom stereocenters. The number of methoxy groups -OCH3 is 1. The lowest BCUT2D eigenvalue weighted by Crippen LogP contribution is -2.16. The number of ether oxygens (including phenoxy) is 2. The van der Waals surface area contributed by atoms with Gasteiger partial charge in [-0.25, -0.2) is 4.98 Å². The van der Waals surface area contributed by atoms with Crippen LogP contribution in [0.1, 0.15) is 36.4 Å². The third kappa shape index (κ3) is 3.08. The molecule has 5 rings (SSSR count). The summed E-state index contributed by atoms with van der Waals surface area (Å²) in [7, 11) is 1.64. The summed E-state index contributed by atoms with van der Waals surface area (Å²) in [5, 5.41) is 16.8. The van der Waals surface area contributed by atoms with E-state index >= 15 is 0 Å². The van der Waals surface area contributed by atoms with Gasteiger partial charge in [0.1, 0.15) is 18.4 Å². The van der Waals surface area contributed by atoms with Gasteiger partial charge in [-0.15, -0.1) is 0 Å². The molecule has 4 aromatic rings. The highest BCUT2D eigenvalue weighted by atomic mass is 16.5. The molecule has 0 amide bonds. The molecule has 0 fully saturated rings. The van der Waals surface area contributed by atoms with Crippen LogP contribution >= 0.6 is 0 Å². The van der Waals surface area contributed by atoms with E-state index in [1.54, 1.807) is 25.6 Å². The van der Waals surface area contributed by atoms with Crippen LogP contribution in [0, 0.1) is 11.3 Å². The minimum atomic E-state index is -0.323. The van der Waals surface area contributed by atoms with Gasteiger partial charge in [0.25, 0.3) is 0 Å². The highest BCUT2D eigenvalue weighted by Gasteiger charge is 2.41. The zero-order chi connectivity index (χ0) is 22.3. The molecule has 1 N–H and O–H groups in total. The fourth-order valence-electron chi connectivity index (χ4n) is 4.28. The first-order valence-corrected chi connectivity index (χ1v) is 10.2. The third-order valence-corrected chi connectivity index (χ3v) is 5.89. The topological polar surface area (TPSA) is 96.7 Å². The fraction of sp³-hybridized carbons (Fsp3) is 0.200. The highest BCUT2D eigenvalue weighted by molar-refractivity contribution is 5.86. The Bertz CT molecular complexity index is 1340. The third-order valence-electron chi connectivity index (χ3n) is 5.89. The van der Waals surface area contributed by atoms with Gasteiger partial charge in [-0.1, -0.05) is 19.9 Å². The number of fused-ring (bicyclic) bond motifs is 3. The van der Waals surface area contributed by atoms with Crippen LogP contribution in [-0.4, -0.2) is 27.3 Å². The molecular formula is C25H21N5O2. The summed E-state index contributed by atoms with van der Waals surface area (Å²) in [5.74, 6) is 1.32. The van der Waals surface area contributed by atoms with Gasteiger partial charge >= 0.3 is 0 Å². The number of nitriles is 1. The van der Waals surface area contributed by atoms with Gasteiger partial charge in [0.2, 0.25) is 0 Å². The molecule has 7 nitrogen and oxygen atoms in total. The second kappa shape index (κ2) is 7.50. The van der Waals surface area contributed by atoms with Crippen LogP contribution in [0.3, 0.4) is 0 Å². The molecule has 3 aromatic heterocycles. The van der Waals surface area contributed by atoms with Crippen LogP contribution in [0.2, 0.25) is 0 Å². The Balaban J connectivity index is 1.56. The predicted molar refractivity (Wildman–Crippen MR) is 119 cm³/mol. The Kier molecular flexibility index (Phi) is 4.63. The van der Waals surface area contributed by atoms with Crippen molar-refractivity contribution < 1.29 is 9.47 Å². The molecule has 0 radical (unpaired) electrons. The molecule has 0 saturated carbocycles. The number of aromatic amines is 1. The van der Waals surface area contributed by atoms with Gasteiger partial charge in [0.05, 0.1) is 24.2 Å². The summed E-state index contributed by atoms with van der Waals surface area (Å²) in [6, 6.07) is 15.4. The maximum absolute atomic E-state index is 9.05. The lowest BCUT2D eigenvalue weighted by Gasteiger charge is -2.23. The number of aromatic nitrogens is 4. The first-order chi connectivity index (χ1) is 15.5. The van der Waals surface area contributed by atoms with Crippen LogP contribution in [-0.2, 0) is 12.0 Å². The average molecular weight is 423 g/mol. The summed E-state index contributed by atoms with van der Waals surface area (Å²) in [5.41, 5.74) is 6.79. The molecule has 0 spiro atoms. The number of benzene rings is 1. The van der Waals surface area contributed by atoms with E-state index in [9.17, 15) is 0 Å². The van der Waals surface area contributed by atoms with Crippen molar-refractivity contribution in [2.75, 3.05) is 7.11 Å². The van der Waals surface area contributed by atoms with E-state index in [4.69, 9.17) is 14.7 Å². The molecule has 0 saturated heterocycles. The standard InChI is InChI=1S/C25H21N5O2/c1-25(2)19-11-21(32-14-17-6-4-5-9-27-17)20(31-3)10-18(19)24-22(25)23(29-30-24)15-7-8-16(12-26)28-13-15/h4-11,13H,14H2,1-3H3,(H,29,30). The Labute approximate surface area is 185 Å². The zero-order valence-electron chi connectivity index (χ0n) is 18.0. The summed E-state index contributed by atoms with van der Waals surface area (Å²) in [6.45, 7) is 4.69. The normalized spacial score (nSPS) is 13.2. The van der Waals surface area contributed by atoms with Crippen molar-refractivity contribution in [3.63, 3.8) is 0 Å². The number of H-pyrrole nitrogens is 1. The second-order valence-electron chi connectivity index (χ2n) is 8.15. The molecule has 1 aliphatic rings. The van der Waals surface area contributed by atoms with Crippen LogP contribution in [0.5, 0.6) is 11.5 Å². The van der Waals surface area contributed by atoms with Crippen molar-refractivity contribution in [1.82, 2.24) is 20.2 Å². The summed E-state index contributed by atoms with van der Waals surface area (Å²) < 4.78 is 11.7. The molecule has 158 valence electrons. The minimum Gasteiger partial charge on any atom is -0.493 e. The maximum Gasteiger partial charge on any atom is 0.162 e. The van der Waals surface area contributed by atoms with E-state index in [-0.39, 0.29) is 5.41 Å². The smallest absolute Gasteiger partial charge is 0.162 e. The molecule has 0 atom stereocenters. The number of hydrogen-bond donors (Lipinski definition) is 1. The number of nitrogens with zero attached hydrogens (tertiary/aromatic N) is 4. The van der Waals surface area contributed by atoms with Crippen molar-refractivity contribution in [2.45, 2.75) is 25.9 Å². The van der Waals surface area contributed by atoms with E-state index in [1.165, 1.54) is 0 Å². The number of rotatable bonds is 5. The maximum atomic E-state index is 9.05. The molecule has 1 aliphatic carbocycles. The van der Waals surface area contributed by atoms with Crippen molar-refractivity contribution in [2.24, 2.45) is 0 Å². The van der Waals surface area contributed by atoms with Gasteiger partial charge in [-0.2, -0.15) is 10.4 Å². The quantitative estimate of drug-likeness (QED) is 0.503. The van der Waals surface area contributed by atoms with Crippen molar-refractivity contribution >= 4 is 0 Å². The van der Waals surface area contributed by atoms with Crippen LogP contribution < -0.4 is 9.47 Å². The van der Waals surface area contributed by atoms with Gasteiger partial charge in [0, 0.05) is 34.5 Å². The molecule has 7 heteroatoms. The number of hydrogen-bond acceptors (Lipinski definition) is 6. The van der Waals surface area contributed by atoms with Crippen molar-refractivity contribution in [3.05, 3.63) is 77.4 Å². The minimum absolute atomic E-state index is 0.323. The SMILES string of the molecule is COc1cc2c(cc1OCc1ccccn1)C(C)(C)c1c(-c3ccc(C#N)nc3)n[nH]c1-2. The Morgan fingerprint density at radius 1 is 1.09 bits per heavy atom. The number of nitrogens with one attached hydrogen (secondary N) is 1. The van der Waals surface area contributed by atoms with E-state index in [1.807, 2.05) is 36.4 Å². The van der Waals surface area contributed by atoms with E-state index in [0.717, 1.165) is 39.3 Å². The lowest BCUT2D eigenvalue weighted by atomic mass is 9.81. The molecule has 0 aliphatic heterocycles. The largest absolute Gasteiger partial charge is 0.493 e. The molecule has 0 bridgehead atoms. The summed E-state index contributed by atoms with van der Waals surface area (Å²) >= 11 is 0. The Hall–Kier alpha value is -4.18. The van der Waals surface area contributed by atoms with Gasteiger partial charge in [-0.05, 0) is 42.0 Å². The van der Waals surface area contributed by atoms with Crippen LogP contribution in [0.4, 0.5) is 0 Å². The van der Waals surface area contributed by atoms with Gasteiger partial charge in [-0.3, -0.25) is 10.1 Å². The van der Waals surface area contributed by atoms with E-state index < -0.39 is 0 Å². The first kappa shape index (κ1) is 19.8. The van der Waals surface area contributed by atoms with Gasteiger partial charge < -0.3 is 9.47 Å². The predicted octanol–water partition coefficient (Wildman–Crippen LogP) is 4.63. The van der Waals surface area contributed by atoms with E-state index in [0.29, 0.717) is 23.8 Å². The van der Waals surface area contributed by atoms with Gasteiger partial charge in [0.15, 0.2) is 11.5 Å². The lowest BCUT2D eigenvalue weighted by molar-refractivity contribution is 0.280. The van der Waals surface area contributed by atoms with Crippen LogP contribution in [0.15, 0.2) is 54.9 Å². The first-order valence-electron chi connectivity index (χ1n) is 10.2. The van der Waals surface area contributed by atoms with E-state index in [2.05, 4.69) is 40.1 Å². The molecule has 1 aromatic carbocycles. The van der Waals surface area contributed by atoms with Crippen molar-refractivity contribution in [3.8, 4) is 40.1 Å². The Morgan fingerprint density at radius 3 is 2.66 bits per heavy atom.